The molecule has 1 saturated carbocycles. The second-order valence-electron chi connectivity index (χ2n) is 4.18. The average molecular weight is 254 g/mol. The van der Waals surface area contributed by atoms with Gasteiger partial charge >= 0.3 is 0 Å². The predicted molar refractivity (Wildman–Crippen MR) is 68.3 cm³/mol. The highest BCUT2D eigenvalue weighted by atomic mass is 35.5. The van der Waals surface area contributed by atoms with Crippen molar-refractivity contribution in [2.24, 2.45) is 0 Å². The number of rotatable bonds is 2. The van der Waals surface area contributed by atoms with Crippen LogP contribution < -0.4 is 5.32 Å². The van der Waals surface area contributed by atoms with E-state index in [1.807, 2.05) is 12.1 Å². The van der Waals surface area contributed by atoms with Crippen molar-refractivity contribution in [3.05, 3.63) is 17.2 Å². The second kappa shape index (κ2) is 4.18. The van der Waals surface area contributed by atoms with Gasteiger partial charge in [-0.25, -0.2) is 0 Å². The molecule has 1 aliphatic carbocycles. The molecule has 16 heavy (non-hydrogen) atoms. The molecule has 0 saturated heterocycles. The molecule has 0 bridgehead atoms. The van der Waals surface area contributed by atoms with Crippen LogP contribution in [0.15, 0.2) is 12.1 Å². The Hall–Kier alpha value is -0.870. The maximum Gasteiger partial charge on any atom is 0.129 e. The molecular formula is C11H12ClN3S. The molecule has 0 spiro atoms. The van der Waals surface area contributed by atoms with Gasteiger partial charge < -0.3 is 5.32 Å². The molecule has 2 aromatic rings. The zero-order valence-electron chi connectivity index (χ0n) is 8.74. The number of benzene rings is 1. The van der Waals surface area contributed by atoms with E-state index in [4.69, 9.17) is 11.6 Å². The topological polar surface area (TPSA) is 37.8 Å². The van der Waals surface area contributed by atoms with Gasteiger partial charge in [0.15, 0.2) is 0 Å². The lowest BCUT2D eigenvalue weighted by Gasteiger charge is -2.14. The Morgan fingerprint density at radius 1 is 1.25 bits per heavy atom. The zero-order chi connectivity index (χ0) is 11.0. The van der Waals surface area contributed by atoms with Crippen LogP contribution in [0.4, 0.5) is 5.69 Å². The fourth-order valence-electron chi connectivity index (χ4n) is 2.24. The fraction of sp³-hybridized carbons (Fsp3) is 0.455. The number of nitrogens with zero attached hydrogens (tertiary/aromatic N) is 2. The van der Waals surface area contributed by atoms with E-state index in [9.17, 15) is 0 Å². The van der Waals surface area contributed by atoms with Gasteiger partial charge in [-0.1, -0.05) is 24.4 Å². The summed E-state index contributed by atoms with van der Waals surface area (Å²) >= 11 is 7.45. The van der Waals surface area contributed by atoms with Gasteiger partial charge in [0.05, 0.1) is 22.4 Å². The van der Waals surface area contributed by atoms with Crippen molar-refractivity contribution in [2.45, 2.75) is 31.7 Å². The number of aromatic nitrogens is 2. The van der Waals surface area contributed by atoms with Crippen LogP contribution in [0.5, 0.6) is 0 Å². The number of anilines is 1. The lowest BCUT2D eigenvalue weighted by Crippen LogP contribution is -2.15. The molecule has 3 nitrogen and oxygen atoms in total. The molecule has 1 heterocycles. The molecule has 1 N–H and O–H groups in total. The first kappa shape index (κ1) is 10.3. The lowest BCUT2D eigenvalue weighted by atomic mass is 10.2. The molecule has 0 aliphatic heterocycles. The molecule has 1 aromatic heterocycles. The van der Waals surface area contributed by atoms with E-state index >= 15 is 0 Å². The van der Waals surface area contributed by atoms with Gasteiger partial charge in [-0.15, -0.1) is 0 Å². The van der Waals surface area contributed by atoms with Crippen LogP contribution in [0.2, 0.25) is 5.02 Å². The van der Waals surface area contributed by atoms with Gasteiger partial charge in [0.1, 0.15) is 11.0 Å². The first-order chi connectivity index (χ1) is 7.84. The van der Waals surface area contributed by atoms with Crippen molar-refractivity contribution < 1.29 is 0 Å². The quantitative estimate of drug-likeness (QED) is 0.887. The summed E-state index contributed by atoms with van der Waals surface area (Å²) in [5.41, 5.74) is 2.79. The molecule has 0 atom stereocenters. The Kier molecular flexibility index (Phi) is 2.69. The Morgan fingerprint density at radius 2 is 2.06 bits per heavy atom. The summed E-state index contributed by atoms with van der Waals surface area (Å²) in [6, 6.07) is 4.36. The molecule has 0 amide bonds. The van der Waals surface area contributed by atoms with Crippen LogP contribution in [0.1, 0.15) is 25.7 Å². The van der Waals surface area contributed by atoms with Crippen LogP contribution in [0, 0.1) is 0 Å². The average Bonchev–Trinajstić information content (AvgIpc) is 2.92. The highest BCUT2D eigenvalue weighted by molar-refractivity contribution is 7.00. The molecule has 3 rings (SSSR count). The monoisotopic (exact) mass is 253 g/mol. The van der Waals surface area contributed by atoms with Crippen LogP contribution in [-0.4, -0.2) is 14.8 Å². The Labute approximate surface area is 103 Å². The van der Waals surface area contributed by atoms with E-state index in [0.29, 0.717) is 6.04 Å². The minimum atomic E-state index is 0.546. The largest absolute Gasteiger partial charge is 0.379 e. The Morgan fingerprint density at radius 3 is 2.88 bits per heavy atom. The highest BCUT2D eigenvalue weighted by Gasteiger charge is 2.18. The zero-order valence-corrected chi connectivity index (χ0v) is 10.3. The van der Waals surface area contributed by atoms with Crippen molar-refractivity contribution in [3.8, 4) is 0 Å². The maximum absolute atomic E-state index is 6.21. The van der Waals surface area contributed by atoms with Crippen molar-refractivity contribution in [1.29, 1.82) is 0 Å². The first-order valence-electron chi connectivity index (χ1n) is 5.52. The summed E-state index contributed by atoms with van der Waals surface area (Å²) in [6.45, 7) is 0. The SMILES string of the molecule is Clc1ccc2nsnc2c1NC1CCCC1. The van der Waals surface area contributed by atoms with Crippen LogP contribution in [0.3, 0.4) is 0 Å². The maximum atomic E-state index is 6.21. The smallest absolute Gasteiger partial charge is 0.129 e. The van der Waals surface area contributed by atoms with E-state index in [-0.39, 0.29) is 0 Å². The number of halogens is 1. The summed E-state index contributed by atoms with van der Waals surface area (Å²) in [6.07, 6.45) is 5.07. The second-order valence-corrected chi connectivity index (χ2v) is 5.12. The van der Waals surface area contributed by atoms with Crippen molar-refractivity contribution in [1.82, 2.24) is 8.75 Å². The molecule has 5 heteroatoms. The third kappa shape index (κ3) is 1.76. The van der Waals surface area contributed by atoms with Crippen molar-refractivity contribution >= 4 is 40.0 Å². The molecular weight excluding hydrogens is 242 g/mol. The van der Waals surface area contributed by atoms with Crippen molar-refractivity contribution in [2.75, 3.05) is 5.32 Å². The summed E-state index contributed by atoms with van der Waals surface area (Å²) in [5.74, 6) is 0. The fourth-order valence-corrected chi connectivity index (χ4v) is 2.99. The lowest BCUT2D eigenvalue weighted by molar-refractivity contribution is 0.756. The summed E-state index contributed by atoms with van der Waals surface area (Å²) < 4.78 is 8.53. The minimum Gasteiger partial charge on any atom is -0.379 e. The third-order valence-corrected chi connectivity index (χ3v) is 3.94. The molecule has 1 fully saturated rings. The summed E-state index contributed by atoms with van der Waals surface area (Å²) in [5, 5.41) is 4.25. The van der Waals surface area contributed by atoms with Gasteiger partial charge in [0, 0.05) is 6.04 Å². The van der Waals surface area contributed by atoms with Gasteiger partial charge in [0.2, 0.25) is 0 Å². The van der Waals surface area contributed by atoms with E-state index in [0.717, 1.165) is 21.7 Å². The molecule has 0 unspecified atom stereocenters. The highest BCUT2D eigenvalue weighted by Crippen LogP contribution is 2.32. The molecule has 1 aliphatic rings. The van der Waals surface area contributed by atoms with Crippen LogP contribution in [0.25, 0.3) is 11.0 Å². The van der Waals surface area contributed by atoms with E-state index < -0.39 is 0 Å². The van der Waals surface area contributed by atoms with E-state index in [2.05, 4.69) is 14.1 Å². The van der Waals surface area contributed by atoms with E-state index in [1.165, 1.54) is 37.4 Å². The Balaban J connectivity index is 1.99. The normalized spacial score (nSPS) is 17.1. The first-order valence-corrected chi connectivity index (χ1v) is 6.63. The van der Waals surface area contributed by atoms with Gasteiger partial charge in [-0.05, 0) is 25.0 Å². The summed E-state index contributed by atoms with van der Waals surface area (Å²) in [7, 11) is 0. The molecule has 1 aromatic carbocycles. The van der Waals surface area contributed by atoms with E-state index in [1.54, 1.807) is 0 Å². The van der Waals surface area contributed by atoms with Crippen LogP contribution in [-0.2, 0) is 0 Å². The predicted octanol–water partition coefficient (Wildman–Crippen LogP) is 3.70. The Bertz CT molecular complexity index is 505. The van der Waals surface area contributed by atoms with Gasteiger partial charge in [0.25, 0.3) is 0 Å². The number of fused-ring (bicyclic) bond motifs is 1. The minimum absolute atomic E-state index is 0.546. The molecule has 84 valence electrons. The molecule has 0 radical (unpaired) electrons. The van der Waals surface area contributed by atoms with Crippen LogP contribution >= 0.6 is 23.3 Å². The van der Waals surface area contributed by atoms with Crippen molar-refractivity contribution in [3.63, 3.8) is 0 Å². The number of hydrogen-bond acceptors (Lipinski definition) is 4. The van der Waals surface area contributed by atoms with Gasteiger partial charge in [-0.3, -0.25) is 0 Å². The number of hydrogen-bond donors (Lipinski definition) is 1. The summed E-state index contributed by atoms with van der Waals surface area (Å²) in [4.78, 5) is 0. The number of nitrogens with one attached hydrogen (secondary N) is 1. The third-order valence-electron chi connectivity index (χ3n) is 3.08. The van der Waals surface area contributed by atoms with Gasteiger partial charge in [-0.2, -0.15) is 8.75 Å². The standard InChI is InChI=1S/C11H12ClN3S/c12-8-5-6-9-11(15-16-14-9)10(8)13-7-3-1-2-4-7/h5-7,13H,1-4H2.